The van der Waals surface area contributed by atoms with E-state index in [0.717, 1.165) is 16.3 Å². The molecule has 138 valence electrons. The van der Waals surface area contributed by atoms with Crippen LogP contribution in [0.3, 0.4) is 0 Å². The number of carbonyl (C=O) groups is 2. The predicted octanol–water partition coefficient (Wildman–Crippen LogP) is 3.98. The number of carbonyl (C=O) groups excluding carboxylic acids is 2. The highest BCUT2D eigenvalue weighted by Crippen LogP contribution is 2.45. The van der Waals surface area contributed by atoms with Crippen molar-refractivity contribution in [3.8, 4) is 6.07 Å². The molecule has 0 amide bonds. The van der Waals surface area contributed by atoms with Gasteiger partial charge in [-0.2, -0.15) is 5.26 Å². The van der Waals surface area contributed by atoms with Gasteiger partial charge in [0.2, 0.25) is 11.7 Å². The summed E-state index contributed by atoms with van der Waals surface area (Å²) < 4.78 is 5.54. The van der Waals surface area contributed by atoms with Crippen molar-refractivity contribution in [1.82, 2.24) is 0 Å². The van der Waals surface area contributed by atoms with Gasteiger partial charge in [0.25, 0.3) is 0 Å². The predicted molar refractivity (Wildman–Crippen MR) is 107 cm³/mol. The molecule has 0 spiro atoms. The molecule has 1 aliphatic carbocycles. The van der Waals surface area contributed by atoms with Crippen molar-refractivity contribution in [2.24, 2.45) is 5.73 Å². The maximum atomic E-state index is 13.4. The second-order valence-corrected chi connectivity index (χ2v) is 6.94. The first-order valence-corrected chi connectivity index (χ1v) is 9.09. The van der Waals surface area contributed by atoms with Crippen LogP contribution in [0, 0.1) is 11.3 Å². The highest BCUT2D eigenvalue weighted by atomic mass is 16.5. The van der Waals surface area contributed by atoms with E-state index in [9.17, 15) is 14.9 Å². The van der Waals surface area contributed by atoms with Crippen molar-refractivity contribution in [3.63, 3.8) is 0 Å². The molecule has 3 aromatic carbocycles. The van der Waals surface area contributed by atoms with Crippen molar-refractivity contribution in [2.75, 3.05) is 0 Å². The number of fused-ring (bicyclic) bond motifs is 2. The van der Waals surface area contributed by atoms with E-state index >= 15 is 0 Å². The highest BCUT2D eigenvalue weighted by molar-refractivity contribution is 6.27. The van der Waals surface area contributed by atoms with Gasteiger partial charge in [-0.3, -0.25) is 9.59 Å². The Bertz CT molecular complexity index is 1340. The Balaban J connectivity index is 1.83. The molecule has 0 saturated carbocycles. The second kappa shape index (κ2) is 6.18. The monoisotopic (exact) mass is 378 g/mol. The van der Waals surface area contributed by atoms with Gasteiger partial charge in [0, 0.05) is 11.1 Å². The Morgan fingerprint density at radius 3 is 2.28 bits per heavy atom. The van der Waals surface area contributed by atoms with E-state index in [1.54, 1.807) is 24.3 Å². The lowest BCUT2D eigenvalue weighted by Crippen LogP contribution is -2.32. The molecule has 3 aromatic rings. The van der Waals surface area contributed by atoms with E-state index in [0.29, 0.717) is 5.56 Å². The zero-order chi connectivity index (χ0) is 20.1. The number of rotatable bonds is 1. The Hall–Kier alpha value is -4.17. The fraction of sp³-hybridized carbons (Fsp3) is 0.0417. The number of nitrogens with zero attached hydrogens (tertiary/aromatic N) is 1. The number of hydrogen-bond donors (Lipinski definition) is 1. The van der Waals surface area contributed by atoms with Crippen LogP contribution in [0.4, 0.5) is 0 Å². The van der Waals surface area contributed by atoms with Gasteiger partial charge in [-0.1, -0.05) is 66.7 Å². The number of nitrogens with two attached hydrogens (primary N) is 1. The van der Waals surface area contributed by atoms with Crippen LogP contribution < -0.4 is 5.73 Å². The molecule has 5 rings (SSSR count). The maximum Gasteiger partial charge on any atom is 0.229 e. The second-order valence-electron chi connectivity index (χ2n) is 6.94. The standard InChI is InChI=1S/C24H14N2O3/c25-12-18-19(15-11-5-7-13-6-1-2-8-14(13)15)20-21(27)16-9-3-4-10-17(16)22(28)23(20)29-24(18)26/h1-11,19H,26H2. The number of hydrogen-bond acceptors (Lipinski definition) is 5. The molecule has 2 aliphatic rings. The molecular formula is C24H14N2O3. The van der Waals surface area contributed by atoms with Crippen LogP contribution in [0.25, 0.3) is 10.8 Å². The lowest BCUT2D eigenvalue weighted by Gasteiger charge is -2.31. The molecule has 1 heterocycles. The average molecular weight is 378 g/mol. The van der Waals surface area contributed by atoms with Crippen LogP contribution in [-0.2, 0) is 4.74 Å². The van der Waals surface area contributed by atoms with Crippen molar-refractivity contribution in [2.45, 2.75) is 5.92 Å². The van der Waals surface area contributed by atoms with Crippen LogP contribution in [0.15, 0.2) is 89.5 Å². The van der Waals surface area contributed by atoms with Gasteiger partial charge in [0.1, 0.15) is 11.6 Å². The summed E-state index contributed by atoms with van der Waals surface area (Å²) in [4.78, 5) is 26.5. The van der Waals surface area contributed by atoms with Gasteiger partial charge in [-0.15, -0.1) is 0 Å². The fourth-order valence-electron chi connectivity index (χ4n) is 4.12. The third-order valence-electron chi connectivity index (χ3n) is 5.42. The summed E-state index contributed by atoms with van der Waals surface area (Å²) in [6, 6.07) is 22.1. The lowest BCUT2D eigenvalue weighted by molar-refractivity contribution is 0.0897. The molecule has 5 heteroatoms. The van der Waals surface area contributed by atoms with Gasteiger partial charge in [0.05, 0.1) is 11.5 Å². The van der Waals surface area contributed by atoms with Crippen LogP contribution in [0.2, 0.25) is 0 Å². The molecular weight excluding hydrogens is 364 g/mol. The number of ether oxygens (including phenoxy) is 1. The van der Waals surface area contributed by atoms with E-state index < -0.39 is 11.7 Å². The zero-order valence-corrected chi connectivity index (χ0v) is 15.2. The molecule has 0 saturated heterocycles. The molecule has 1 atom stereocenters. The van der Waals surface area contributed by atoms with Crippen LogP contribution in [0.5, 0.6) is 0 Å². The average Bonchev–Trinajstić information content (AvgIpc) is 2.76. The summed E-state index contributed by atoms with van der Waals surface area (Å²) in [5.41, 5.74) is 7.64. The number of Topliss-reactive ketones (excluding diaryl/α,β-unsaturated/α-hetero) is 2. The van der Waals surface area contributed by atoms with E-state index in [2.05, 4.69) is 6.07 Å². The number of ketones is 2. The molecule has 0 fully saturated rings. The van der Waals surface area contributed by atoms with E-state index in [1.165, 1.54) is 0 Å². The summed E-state index contributed by atoms with van der Waals surface area (Å²) in [7, 11) is 0. The Morgan fingerprint density at radius 1 is 0.862 bits per heavy atom. The topological polar surface area (TPSA) is 93.2 Å². The van der Waals surface area contributed by atoms with E-state index in [4.69, 9.17) is 10.5 Å². The van der Waals surface area contributed by atoms with Crippen LogP contribution in [0.1, 0.15) is 32.2 Å². The van der Waals surface area contributed by atoms with Gasteiger partial charge < -0.3 is 10.5 Å². The quantitative estimate of drug-likeness (QED) is 0.691. The van der Waals surface area contributed by atoms with Crippen molar-refractivity contribution < 1.29 is 14.3 Å². The SMILES string of the molecule is N#CC1=C(N)OC2=C(C(=O)c3ccccc3C2=O)C1c1cccc2ccccc12. The van der Waals surface area contributed by atoms with E-state index in [1.807, 2.05) is 42.5 Å². The van der Waals surface area contributed by atoms with E-state index in [-0.39, 0.29) is 34.1 Å². The van der Waals surface area contributed by atoms with Gasteiger partial charge in [0.15, 0.2) is 11.5 Å². The number of allylic oxidation sites excluding steroid dienone is 3. The van der Waals surface area contributed by atoms with Gasteiger partial charge >= 0.3 is 0 Å². The molecule has 1 unspecified atom stereocenters. The summed E-state index contributed by atoms with van der Waals surface area (Å²) in [6.45, 7) is 0. The third-order valence-corrected chi connectivity index (χ3v) is 5.42. The number of benzene rings is 3. The molecule has 29 heavy (non-hydrogen) atoms. The van der Waals surface area contributed by atoms with Gasteiger partial charge in [-0.25, -0.2) is 0 Å². The van der Waals surface area contributed by atoms with Crippen molar-refractivity contribution in [1.29, 1.82) is 5.26 Å². The minimum atomic E-state index is -0.778. The summed E-state index contributed by atoms with van der Waals surface area (Å²) >= 11 is 0. The van der Waals surface area contributed by atoms with Crippen molar-refractivity contribution in [3.05, 3.63) is 106 Å². The summed E-state index contributed by atoms with van der Waals surface area (Å²) in [6.07, 6.45) is 0. The Morgan fingerprint density at radius 2 is 1.52 bits per heavy atom. The smallest absolute Gasteiger partial charge is 0.229 e. The fourth-order valence-corrected chi connectivity index (χ4v) is 4.12. The zero-order valence-electron chi connectivity index (χ0n) is 15.2. The van der Waals surface area contributed by atoms with Crippen LogP contribution >= 0.6 is 0 Å². The molecule has 2 N–H and O–H groups in total. The highest BCUT2D eigenvalue weighted by Gasteiger charge is 2.44. The maximum absolute atomic E-state index is 13.4. The Labute approximate surface area is 166 Å². The first-order chi connectivity index (χ1) is 14.1. The minimum absolute atomic E-state index is 0.0943. The third kappa shape index (κ3) is 2.33. The summed E-state index contributed by atoms with van der Waals surface area (Å²) in [5, 5.41) is 11.7. The van der Waals surface area contributed by atoms with Gasteiger partial charge in [-0.05, 0) is 16.3 Å². The van der Waals surface area contributed by atoms with Crippen LogP contribution in [-0.4, -0.2) is 11.6 Å². The molecule has 0 bridgehead atoms. The largest absolute Gasteiger partial charge is 0.436 e. The minimum Gasteiger partial charge on any atom is -0.436 e. The summed E-state index contributed by atoms with van der Waals surface area (Å²) in [5.74, 6) is -1.75. The molecule has 1 aliphatic heterocycles. The molecule has 0 radical (unpaired) electrons. The first-order valence-electron chi connectivity index (χ1n) is 9.09. The Kier molecular flexibility index (Phi) is 3.62. The normalized spacial score (nSPS) is 18.2. The number of nitriles is 1. The molecule has 5 nitrogen and oxygen atoms in total. The van der Waals surface area contributed by atoms with Crippen molar-refractivity contribution >= 4 is 22.3 Å². The lowest BCUT2D eigenvalue weighted by atomic mass is 9.74. The molecule has 0 aromatic heterocycles. The first kappa shape index (κ1) is 17.0.